The van der Waals surface area contributed by atoms with Gasteiger partial charge >= 0.3 is 0 Å². The topological polar surface area (TPSA) is 78.1 Å². The second kappa shape index (κ2) is 29.8. The SMILES string of the molecule is c1ccc(C(=C(c2ccccc2)c2ccc(-c3ccc4oc5ccc6c(-c7ccc(C(=C(c8ccccc8)c8ccccc8)c8ccccc8)cc7)ccc(oc7ccc8c(-c9ccc(C(=C(c%10ccccc%10)c%10ccccc%10)c%10ccccc%10)cc9)ccc(oc9ccc3c4n9)c8n7)c6n5)cc2)c2ccccc2)cc1. The fourth-order valence-electron chi connectivity index (χ4n) is 15.7. The Balaban J connectivity index is 0.795. The summed E-state index contributed by atoms with van der Waals surface area (Å²) in [5.41, 5.74) is 30.4. The Morgan fingerprint density at radius 1 is 0.153 bits per heavy atom. The molecule has 6 bridgehead atoms. The van der Waals surface area contributed by atoms with Gasteiger partial charge in [-0.05, 0) is 188 Å². The van der Waals surface area contributed by atoms with E-state index in [2.05, 4.69) is 382 Å². The minimum atomic E-state index is 0.353. The van der Waals surface area contributed by atoms with E-state index < -0.39 is 0 Å². The fraction of sp³-hybridized carbons (Fsp3) is 0. The third-order valence-corrected chi connectivity index (χ3v) is 20.8. The van der Waals surface area contributed by atoms with Crippen LogP contribution in [0.2, 0.25) is 0 Å². The predicted molar refractivity (Wildman–Crippen MR) is 457 cm³/mol. The van der Waals surface area contributed by atoms with Gasteiger partial charge < -0.3 is 13.3 Å². The molecule has 15 aromatic carbocycles. The van der Waals surface area contributed by atoms with Gasteiger partial charge in [0.15, 0.2) is 16.7 Å². The number of nitrogens with zero attached hydrogens (tertiary/aromatic N) is 3. The minimum absolute atomic E-state index is 0.353. The number of pyridine rings is 3. The average molecular weight is 1420 g/mol. The van der Waals surface area contributed by atoms with Gasteiger partial charge in [-0.1, -0.05) is 346 Å². The molecule has 4 aromatic heterocycles. The van der Waals surface area contributed by atoms with E-state index in [0.717, 1.165) is 150 Å². The van der Waals surface area contributed by atoms with Crippen LogP contribution in [0.1, 0.15) is 66.8 Å². The van der Waals surface area contributed by atoms with E-state index in [1.54, 1.807) is 0 Å². The molecule has 522 valence electrons. The summed E-state index contributed by atoms with van der Waals surface area (Å²) >= 11 is 0. The van der Waals surface area contributed by atoms with Crippen molar-refractivity contribution in [1.29, 1.82) is 0 Å². The van der Waals surface area contributed by atoms with Crippen LogP contribution in [-0.2, 0) is 0 Å². The monoisotopic (exact) mass is 1420 g/mol. The average Bonchev–Trinajstić information content (AvgIpc) is 1.33. The summed E-state index contributed by atoms with van der Waals surface area (Å²) in [6, 6.07) is 147. The molecule has 0 saturated heterocycles. The van der Waals surface area contributed by atoms with Crippen LogP contribution >= 0.6 is 0 Å². The Hall–Kier alpha value is -14.9. The molecular weight excluding hydrogens is 1350 g/mol. The normalized spacial score (nSPS) is 11.2. The molecule has 0 radical (unpaired) electrons. The molecular formula is C105H69N3O3. The van der Waals surface area contributed by atoms with Crippen LogP contribution in [-0.4, -0.2) is 15.0 Å². The Bertz CT molecular complexity index is 6030. The minimum Gasteiger partial charge on any atom is -0.437 e. The lowest BCUT2D eigenvalue weighted by Gasteiger charge is -2.18. The zero-order valence-corrected chi connectivity index (χ0v) is 60.4. The molecule has 0 N–H and O–H groups in total. The first kappa shape index (κ1) is 66.8. The smallest absolute Gasteiger partial charge is 0.220 e. The second-order valence-corrected chi connectivity index (χ2v) is 27.6. The van der Waals surface area contributed by atoms with Crippen molar-refractivity contribution in [3.63, 3.8) is 0 Å². The summed E-state index contributed by atoms with van der Waals surface area (Å²) in [4.78, 5) is 16.2. The van der Waals surface area contributed by atoms with Crippen molar-refractivity contribution in [2.24, 2.45) is 0 Å². The number of aromatic nitrogens is 3. The van der Waals surface area contributed by atoms with E-state index >= 15 is 0 Å². The van der Waals surface area contributed by atoms with Crippen LogP contribution in [0.5, 0.6) is 0 Å². The molecule has 0 spiro atoms. The Kier molecular flexibility index (Phi) is 18.0. The molecule has 4 heterocycles. The van der Waals surface area contributed by atoms with Crippen LogP contribution < -0.4 is 0 Å². The van der Waals surface area contributed by atoms with Crippen molar-refractivity contribution in [3.05, 3.63) is 485 Å². The highest BCUT2D eigenvalue weighted by atomic mass is 16.3. The van der Waals surface area contributed by atoms with Gasteiger partial charge in [-0.3, -0.25) is 0 Å². The third-order valence-electron chi connectivity index (χ3n) is 20.8. The largest absolute Gasteiger partial charge is 0.437 e. The maximum absolute atomic E-state index is 7.07. The molecule has 111 heavy (non-hydrogen) atoms. The Morgan fingerprint density at radius 3 is 0.505 bits per heavy atom. The van der Waals surface area contributed by atoms with E-state index in [1.807, 2.05) is 36.4 Å². The fourth-order valence-corrected chi connectivity index (χ4v) is 15.7. The van der Waals surface area contributed by atoms with Crippen LogP contribution in [0, 0.1) is 0 Å². The van der Waals surface area contributed by atoms with Crippen molar-refractivity contribution in [2.45, 2.75) is 0 Å². The predicted octanol–water partition coefficient (Wildman–Crippen LogP) is 27.3. The first-order chi connectivity index (χ1) is 55.0. The molecule has 0 amide bonds. The highest BCUT2D eigenvalue weighted by Crippen LogP contribution is 2.44. The lowest BCUT2D eigenvalue weighted by molar-refractivity contribution is 0.637. The summed E-state index contributed by atoms with van der Waals surface area (Å²) in [7, 11) is 0. The van der Waals surface area contributed by atoms with Gasteiger partial charge in [0.25, 0.3) is 0 Å². The van der Waals surface area contributed by atoms with Gasteiger partial charge in [0.2, 0.25) is 17.1 Å². The van der Waals surface area contributed by atoms with Crippen molar-refractivity contribution < 1.29 is 13.3 Å². The highest BCUT2D eigenvalue weighted by molar-refractivity contribution is 6.10. The van der Waals surface area contributed by atoms with Crippen molar-refractivity contribution in [1.82, 2.24) is 15.0 Å². The van der Waals surface area contributed by atoms with Crippen LogP contribution in [0.4, 0.5) is 0 Å². The maximum Gasteiger partial charge on any atom is 0.220 e. The highest BCUT2D eigenvalue weighted by Gasteiger charge is 2.23. The number of hydrogen-bond donors (Lipinski definition) is 0. The van der Waals surface area contributed by atoms with E-state index in [-0.39, 0.29) is 0 Å². The van der Waals surface area contributed by atoms with Crippen molar-refractivity contribution in [3.8, 4) is 33.4 Å². The van der Waals surface area contributed by atoms with E-state index in [0.29, 0.717) is 50.4 Å². The lowest BCUT2D eigenvalue weighted by Crippen LogP contribution is -1.97. The van der Waals surface area contributed by atoms with Crippen LogP contribution in [0.25, 0.3) is 133 Å². The van der Waals surface area contributed by atoms with E-state index in [4.69, 9.17) is 28.2 Å². The number of rotatable bonds is 15. The van der Waals surface area contributed by atoms with Gasteiger partial charge in [0, 0.05) is 34.4 Å². The lowest BCUT2D eigenvalue weighted by atomic mass is 9.85. The Labute approximate surface area is 642 Å². The molecule has 6 heteroatoms. The number of fused-ring (bicyclic) bond motifs is 3. The first-order valence-electron chi connectivity index (χ1n) is 37.4. The molecule has 19 aromatic rings. The van der Waals surface area contributed by atoms with Gasteiger partial charge in [-0.15, -0.1) is 0 Å². The summed E-state index contributed by atoms with van der Waals surface area (Å²) < 4.78 is 21.2. The van der Waals surface area contributed by atoms with Gasteiger partial charge in [0.1, 0.15) is 16.6 Å². The van der Waals surface area contributed by atoms with Crippen LogP contribution in [0.3, 0.4) is 0 Å². The molecule has 0 aliphatic heterocycles. The van der Waals surface area contributed by atoms with Crippen molar-refractivity contribution >= 4 is 100 Å². The van der Waals surface area contributed by atoms with Crippen LogP contribution in [0.15, 0.2) is 432 Å². The summed E-state index contributed by atoms with van der Waals surface area (Å²) in [6.07, 6.45) is 0. The van der Waals surface area contributed by atoms with Gasteiger partial charge in [0.05, 0.1) is 0 Å². The van der Waals surface area contributed by atoms with Gasteiger partial charge in [-0.25, -0.2) is 15.0 Å². The van der Waals surface area contributed by atoms with Crippen molar-refractivity contribution in [2.75, 3.05) is 0 Å². The third kappa shape index (κ3) is 13.3. The molecule has 0 aliphatic rings. The van der Waals surface area contributed by atoms with E-state index in [1.165, 1.54) is 0 Å². The number of hydrogen-bond acceptors (Lipinski definition) is 6. The molecule has 0 aliphatic carbocycles. The van der Waals surface area contributed by atoms with Gasteiger partial charge in [-0.2, -0.15) is 0 Å². The molecule has 0 atom stereocenters. The molecule has 0 saturated carbocycles. The maximum atomic E-state index is 7.07. The first-order valence-corrected chi connectivity index (χ1v) is 37.4. The molecule has 0 unspecified atom stereocenters. The quantitative estimate of drug-likeness (QED) is 0.0952. The zero-order valence-electron chi connectivity index (χ0n) is 60.4. The summed E-state index contributed by atoms with van der Waals surface area (Å²) in [6.45, 7) is 0. The summed E-state index contributed by atoms with van der Waals surface area (Å²) in [5, 5.41) is 2.58. The van der Waals surface area contributed by atoms with E-state index in [9.17, 15) is 0 Å². The molecule has 0 fully saturated rings. The molecule has 19 rings (SSSR count). The Morgan fingerprint density at radius 2 is 0.324 bits per heavy atom. The summed E-state index contributed by atoms with van der Waals surface area (Å²) in [5.74, 6) is 0. The number of benzene rings is 15. The standard InChI is InChI=1S/C105H69N3O3/c1-10-28-73(29-11-1)97(74-30-12-2-13-31-74)100(79-40-22-7-23-41-79)82-52-46-70(47-53-82)85-58-64-91-103-88(85)61-67-94(106-103)110-92-65-59-86(71-48-54-83(55-49-71)101(80-42-24-8-25-43-80)98(75-32-14-3-15-33-75)76-34-16-4-17-35-76)90-63-69-96(108-104(90)92)111-93-66-60-87(89-62-68-95(109-91)107-105(89)93)72-50-56-84(57-51-72)102(81-44-26-9-27-45-81)99(77-36-18-5-19-37-77)78-38-20-6-21-39-78/h1-69H. The second-order valence-electron chi connectivity index (χ2n) is 27.6. The zero-order chi connectivity index (χ0) is 73.8. The molecule has 6 nitrogen and oxygen atoms in total.